The summed E-state index contributed by atoms with van der Waals surface area (Å²) >= 11 is 0. The largest absolute Gasteiger partial charge is 0.393 e. The monoisotopic (exact) mass is 268 g/mol. The lowest BCUT2D eigenvalue weighted by atomic mass is 9.70. The maximum Gasteiger partial charge on any atom is 0.227 e. The molecule has 1 amide bonds. The standard InChI is InChI=1S/C15H28N2O2/c1-11-6-8-15(10-16,9-7-11)14(19)17-12-2-4-13(18)5-3-12/h11-13,18H,2-10,16H2,1H3,(H,17,19). The van der Waals surface area contributed by atoms with Gasteiger partial charge in [-0.1, -0.05) is 6.92 Å². The highest BCUT2D eigenvalue weighted by atomic mass is 16.3. The molecule has 4 heteroatoms. The topological polar surface area (TPSA) is 75.4 Å². The van der Waals surface area contributed by atoms with Crippen LogP contribution in [0.1, 0.15) is 58.3 Å². The van der Waals surface area contributed by atoms with E-state index >= 15 is 0 Å². The van der Waals surface area contributed by atoms with Crippen molar-refractivity contribution in [2.24, 2.45) is 17.1 Å². The number of carbonyl (C=O) groups excluding carboxylic acids is 1. The average molecular weight is 268 g/mol. The normalized spacial score (nSPS) is 39.8. The Morgan fingerprint density at radius 1 is 1.21 bits per heavy atom. The quantitative estimate of drug-likeness (QED) is 0.727. The van der Waals surface area contributed by atoms with E-state index in [1.807, 2.05) is 0 Å². The van der Waals surface area contributed by atoms with Gasteiger partial charge in [-0.3, -0.25) is 4.79 Å². The molecule has 2 aliphatic rings. The van der Waals surface area contributed by atoms with Crippen LogP contribution in [0.25, 0.3) is 0 Å². The van der Waals surface area contributed by atoms with Crippen molar-refractivity contribution in [3.8, 4) is 0 Å². The van der Waals surface area contributed by atoms with Crippen LogP contribution in [0.2, 0.25) is 0 Å². The zero-order chi connectivity index (χ0) is 13.9. The predicted molar refractivity (Wildman–Crippen MR) is 75.5 cm³/mol. The number of rotatable bonds is 3. The molecule has 2 saturated carbocycles. The molecule has 0 atom stereocenters. The lowest BCUT2D eigenvalue weighted by Gasteiger charge is -2.39. The highest BCUT2D eigenvalue weighted by Crippen LogP contribution is 2.38. The predicted octanol–water partition coefficient (Wildman–Crippen LogP) is 1.56. The molecule has 110 valence electrons. The SMILES string of the molecule is CC1CCC(CN)(C(=O)NC2CCC(O)CC2)CC1. The number of nitrogens with one attached hydrogen (secondary N) is 1. The molecule has 0 aromatic heterocycles. The molecule has 0 saturated heterocycles. The van der Waals surface area contributed by atoms with Gasteiger partial charge in [-0.05, 0) is 57.3 Å². The van der Waals surface area contributed by atoms with E-state index < -0.39 is 0 Å². The second kappa shape index (κ2) is 6.23. The van der Waals surface area contributed by atoms with E-state index in [9.17, 15) is 9.90 Å². The van der Waals surface area contributed by atoms with Gasteiger partial charge in [-0.25, -0.2) is 0 Å². The molecule has 2 aliphatic carbocycles. The Hall–Kier alpha value is -0.610. The lowest BCUT2D eigenvalue weighted by molar-refractivity contribution is -0.134. The van der Waals surface area contributed by atoms with Crippen LogP contribution in [-0.2, 0) is 4.79 Å². The summed E-state index contributed by atoms with van der Waals surface area (Å²) in [6.45, 7) is 2.71. The Bertz CT molecular complexity index is 303. The van der Waals surface area contributed by atoms with E-state index in [4.69, 9.17) is 5.73 Å². The summed E-state index contributed by atoms with van der Waals surface area (Å²) in [5.41, 5.74) is 5.58. The third-order valence-corrected chi connectivity index (χ3v) is 5.14. The zero-order valence-corrected chi connectivity index (χ0v) is 12.0. The molecular weight excluding hydrogens is 240 g/mol. The van der Waals surface area contributed by atoms with Crippen LogP contribution in [0.4, 0.5) is 0 Å². The zero-order valence-electron chi connectivity index (χ0n) is 12.0. The van der Waals surface area contributed by atoms with Crippen molar-refractivity contribution in [2.75, 3.05) is 6.54 Å². The Balaban J connectivity index is 1.90. The third-order valence-electron chi connectivity index (χ3n) is 5.14. The molecule has 0 aromatic carbocycles. The number of aliphatic hydroxyl groups excluding tert-OH is 1. The van der Waals surface area contributed by atoms with Gasteiger partial charge in [0.15, 0.2) is 0 Å². The molecule has 4 nitrogen and oxygen atoms in total. The van der Waals surface area contributed by atoms with E-state index in [0.717, 1.165) is 57.3 Å². The van der Waals surface area contributed by atoms with Gasteiger partial charge in [-0.2, -0.15) is 0 Å². The number of carbonyl (C=O) groups is 1. The molecule has 0 aromatic rings. The molecule has 19 heavy (non-hydrogen) atoms. The smallest absolute Gasteiger partial charge is 0.227 e. The first kappa shape index (κ1) is 14.8. The van der Waals surface area contributed by atoms with Crippen molar-refractivity contribution in [2.45, 2.75) is 70.4 Å². The molecule has 0 unspecified atom stereocenters. The van der Waals surface area contributed by atoms with Crippen LogP contribution in [0, 0.1) is 11.3 Å². The highest BCUT2D eigenvalue weighted by Gasteiger charge is 2.40. The van der Waals surface area contributed by atoms with Crippen molar-refractivity contribution < 1.29 is 9.90 Å². The maximum absolute atomic E-state index is 12.6. The summed E-state index contributed by atoms with van der Waals surface area (Å²) < 4.78 is 0. The van der Waals surface area contributed by atoms with Gasteiger partial charge in [-0.15, -0.1) is 0 Å². The van der Waals surface area contributed by atoms with E-state index in [0.29, 0.717) is 6.54 Å². The summed E-state index contributed by atoms with van der Waals surface area (Å²) in [4.78, 5) is 12.6. The number of amides is 1. The minimum atomic E-state index is -0.331. The van der Waals surface area contributed by atoms with E-state index in [1.165, 1.54) is 0 Å². The first-order valence-electron chi connectivity index (χ1n) is 7.75. The van der Waals surface area contributed by atoms with Crippen molar-refractivity contribution in [3.63, 3.8) is 0 Å². The minimum absolute atomic E-state index is 0.156. The summed E-state index contributed by atoms with van der Waals surface area (Å²) in [5, 5.41) is 12.7. The van der Waals surface area contributed by atoms with Crippen LogP contribution in [-0.4, -0.2) is 29.7 Å². The maximum atomic E-state index is 12.6. The van der Waals surface area contributed by atoms with Crippen molar-refractivity contribution >= 4 is 5.91 Å². The second-order valence-corrected chi connectivity index (χ2v) is 6.65. The van der Waals surface area contributed by atoms with Gasteiger partial charge in [0, 0.05) is 12.6 Å². The fourth-order valence-corrected chi connectivity index (χ4v) is 3.40. The average Bonchev–Trinajstić information content (AvgIpc) is 2.42. The number of nitrogens with two attached hydrogens (primary N) is 1. The lowest BCUT2D eigenvalue weighted by Crippen LogP contribution is -2.51. The van der Waals surface area contributed by atoms with Crippen molar-refractivity contribution in [1.82, 2.24) is 5.32 Å². The first-order valence-corrected chi connectivity index (χ1v) is 7.75. The van der Waals surface area contributed by atoms with Gasteiger partial charge in [0.1, 0.15) is 0 Å². The molecular formula is C15H28N2O2. The fraction of sp³-hybridized carbons (Fsp3) is 0.933. The Kier molecular flexibility index (Phi) is 4.85. The van der Waals surface area contributed by atoms with Gasteiger partial charge in [0.25, 0.3) is 0 Å². The molecule has 0 bridgehead atoms. The fourth-order valence-electron chi connectivity index (χ4n) is 3.40. The highest BCUT2D eigenvalue weighted by molar-refractivity contribution is 5.83. The van der Waals surface area contributed by atoms with Crippen LogP contribution in [0.15, 0.2) is 0 Å². The molecule has 0 heterocycles. The van der Waals surface area contributed by atoms with Gasteiger partial charge >= 0.3 is 0 Å². The molecule has 0 aliphatic heterocycles. The summed E-state index contributed by atoms with van der Waals surface area (Å²) in [6.07, 6.45) is 7.27. The Morgan fingerprint density at radius 2 is 1.79 bits per heavy atom. The molecule has 2 rings (SSSR count). The molecule has 4 N–H and O–H groups in total. The molecule has 0 spiro atoms. The van der Waals surface area contributed by atoms with Crippen molar-refractivity contribution in [3.05, 3.63) is 0 Å². The summed E-state index contributed by atoms with van der Waals surface area (Å²) in [6, 6.07) is 0.235. The molecule has 0 radical (unpaired) electrons. The van der Waals surface area contributed by atoms with Crippen LogP contribution in [0.5, 0.6) is 0 Å². The van der Waals surface area contributed by atoms with Gasteiger partial charge in [0.05, 0.1) is 11.5 Å². The Morgan fingerprint density at radius 3 is 2.32 bits per heavy atom. The first-order chi connectivity index (χ1) is 9.05. The number of hydrogen-bond acceptors (Lipinski definition) is 3. The van der Waals surface area contributed by atoms with E-state index in [-0.39, 0.29) is 23.5 Å². The molecule has 2 fully saturated rings. The van der Waals surface area contributed by atoms with Crippen LogP contribution < -0.4 is 11.1 Å². The van der Waals surface area contributed by atoms with Gasteiger partial charge < -0.3 is 16.2 Å². The van der Waals surface area contributed by atoms with E-state index in [2.05, 4.69) is 12.2 Å². The van der Waals surface area contributed by atoms with E-state index in [1.54, 1.807) is 0 Å². The van der Waals surface area contributed by atoms with Crippen LogP contribution in [0.3, 0.4) is 0 Å². The number of aliphatic hydroxyl groups is 1. The van der Waals surface area contributed by atoms with Gasteiger partial charge in [0.2, 0.25) is 5.91 Å². The second-order valence-electron chi connectivity index (χ2n) is 6.65. The third kappa shape index (κ3) is 3.48. The minimum Gasteiger partial charge on any atom is -0.393 e. The summed E-state index contributed by atoms with van der Waals surface area (Å²) in [7, 11) is 0. The summed E-state index contributed by atoms with van der Waals surface area (Å²) in [5.74, 6) is 0.876. The number of hydrogen-bond donors (Lipinski definition) is 3. The van der Waals surface area contributed by atoms with Crippen molar-refractivity contribution in [1.29, 1.82) is 0 Å². The van der Waals surface area contributed by atoms with Crippen LogP contribution >= 0.6 is 0 Å². The Labute approximate surface area is 116 Å².